The van der Waals surface area contributed by atoms with Gasteiger partial charge in [-0.3, -0.25) is 9.59 Å². The van der Waals surface area contributed by atoms with Crippen LogP contribution in [0.4, 0.5) is 4.39 Å². The fourth-order valence-electron chi connectivity index (χ4n) is 3.74. The summed E-state index contributed by atoms with van der Waals surface area (Å²) in [5.41, 5.74) is 0.335. The number of benzene rings is 2. The van der Waals surface area contributed by atoms with Gasteiger partial charge in [0.05, 0.1) is 17.9 Å². The molecule has 2 heterocycles. The number of imidazole rings is 1. The Bertz CT molecular complexity index is 1140. The molecule has 6 nitrogen and oxygen atoms in total. The molecule has 0 radical (unpaired) electrons. The summed E-state index contributed by atoms with van der Waals surface area (Å²) in [6.45, 7) is 0.781. The first kappa shape index (κ1) is 20.8. The van der Waals surface area contributed by atoms with Crippen molar-refractivity contribution in [2.75, 3.05) is 6.54 Å². The van der Waals surface area contributed by atoms with Gasteiger partial charge in [0.25, 0.3) is 11.7 Å². The molecule has 0 unspecified atom stereocenters. The van der Waals surface area contributed by atoms with Gasteiger partial charge >= 0.3 is 0 Å². The fraction of sp³-hybridized carbons (Fsp3) is 0.174. The van der Waals surface area contributed by atoms with E-state index in [0.29, 0.717) is 23.6 Å². The highest BCUT2D eigenvalue weighted by molar-refractivity contribution is 6.46. The van der Waals surface area contributed by atoms with E-state index in [0.717, 1.165) is 0 Å². The summed E-state index contributed by atoms with van der Waals surface area (Å²) in [5.74, 6) is -2.53. The third kappa shape index (κ3) is 4.09. The standard InChI is InChI=1S/C23H19ClFN3O3/c24-16-8-6-15(7-9-16)21(29)19-20(17-4-1-2-5-18(17)25)28(23(31)22(19)30)12-3-11-27-13-10-26-14-27/h1-2,4-10,13-14,20,29H,3,11-12H2/t20-/m0/s1. The smallest absolute Gasteiger partial charge is 0.295 e. The van der Waals surface area contributed by atoms with Crippen LogP contribution in [0.1, 0.15) is 23.6 Å². The summed E-state index contributed by atoms with van der Waals surface area (Å²) in [6.07, 6.45) is 5.62. The molecule has 1 N–H and O–H groups in total. The van der Waals surface area contributed by atoms with E-state index in [4.69, 9.17) is 11.6 Å². The first-order chi connectivity index (χ1) is 15.0. The zero-order valence-corrected chi connectivity index (χ0v) is 17.2. The third-order valence-electron chi connectivity index (χ3n) is 5.23. The van der Waals surface area contributed by atoms with E-state index in [1.54, 1.807) is 49.1 Å². The Morgan fingerprint density at radius 2 is 1.84 bits per heavy atom. The van der Waals surface area contributed by atoms with Crippen molar-refractivity contribution in [2.24, 2.45) is 0 Å². The molecule has 3 aromatic rings. The molecule has 1 saturated heterocycles. The number of nitrogens with zero attached hydrogens (tertiary/aromatic N) is 3. The summed E-state index contributed by atoms with van der Waals surface area (Å²) in [5, 5.41) is 11.4. The maximum absolute atomic E-state index is 14.7. The van der Waals surface area contributed by atoms with Crippen LogP contribution in [0, 0.1) is 5.82 Å². The number of hydrogen-bond donors (Lipinski definition) is 1. The van der Waals surface area contributed by atoms with Crippen LogP contribution in [0.5, 0.6) is 0 Å². The molecule has 2 aromatic carbocycles. The lowest BCUT2D eigenvalue weighted by molar-refractivity contribution is -0.140. The average Bonchev–Trinajstić information content (AvgIpc) is 3.36. The quantitative estimate of drug-likeness (QED) is 0.355. The number of halogens is 2. The zero-order chi connectivity index (χ0) is 22.0. The molecule has 31 heavy (non-hydrogen) atoms. The largest absolute Gasteiger partial charge is 0.507 e. The maximum Gasteiger partial charge on any atom is 0.295 e. The van der Waals surface area contributed by atoms with Crippen LogP contribution in [0.2, 0.25) is 5.02 Å². The van der Waals surface area contributed by atoms with Crippen molar-refractivity contribution < 1.29 is 19.1 Å². The summed E-state index contributed by atoms with van der Waals surface area (Å²) >= 11 is 5.91. The van der Waals surface area contributed by atoms with Crippen LogP contribution in [0.15, 0.2) is 72.8 Å². The van der Waals surface area contributed by atoms with Gasteiger partial charge in [-0.1, -0.05) is 29.8 Å². The van der Waals surface area contributed by atoms with Crippen LogP contribution in [-0.2, 0) is 16.1 Å². The SMILES string of the molecule is O=C1C(=O)N(CCCn2ccnc2)[C@@H](c2ccccc2F)C1=C(O)c1ccc(Cl)cc1. The summed E-state index contributed by atoms with van der Waals surface area (Å²) in [4.78, 5) is 31.1. The number of ketones is 1. The molecule has 4 rings (SSSR count). The van der Waals surface area contributed by atoms with Crippen molar-refractivity contribution in [3.05, 3.63) is 94.8 Å². The second kappa shape index (κ2) is 8.73. The average molecular weight is 440 g/mol. The lowest BCUT2D eigenvalue weighted by atomic mass is 9.95. The van der Waals surface area contributed by atoms with E-state index in [2.05, 4.69) is 4.98 Å². The van der Waals surface area contributed by atoms with Gasteiger partial charge in [-0.05, 0) is 36.8 Å². The second-order valence-electron chi connectivity index (χ2n) is 7.17. The minimum Gasteiger partial charge on any atom is -0.507 e. The van der Waals surface area contributed by atoms with Crippen molar-refractivity contribution >= 4 is 29.1 Å². The van der Waals surface area contributed by atoms with Gasteiger partial charge < -0.3 is 14.6 Å². The topological polar surface area (TPSA) is 75.4 Å². The summed E-state index contributed by atoms with van der Waals surface area (Å²) < 4.78 is 16.6. The molecule has 158 valence electrons. The van der Waals surface area contributed by atoms with Crippen molar-refractivity contribution in [1.82, 2.24) is 14.5 Å². The van der Waals surface area contributed by atoms with E-state index in [-0.39, 0.29) is 23.4 Å². The van der Waals surface area contributed by atoms with E-state index in [9.17, 15) is 19.1 Å². The molecule has 1 aliphatic rings. The molecule has 8 heteroatoms. The number of carbonyl (C=O) groups excluding carboxylic acids is 2. The first-order valence-corrected chi connectivity index (χ1v) is 10.1. The highest BCUT2D eigenvalue weighted by Gasteiger charge is 2.46. The number of hydrogen-bond acceptors (Lipinski definition) is 4. The summed E-state index contributed by atoms with van der Waals surface area (Å²) in [7, 11) is 0. The van der Waals surface area contributed by atoms with E-state index >= 15 is 0 Å². The Morgan fingerprint density at radius 3 is 2.52 bits per heavy atom. The van der Waals surface area contributed by atoms with Crippen LogP contribution >= 0.6 is 11.6 Å². The minimum absolute atomic E-state index is 0.139. The number of aliphatic hydroxyl groups is 1. The predicted molar refractivity (Wildman–Crippen MR) is 114 cm³/mol. The van der Waals surface area contributed by atoms with Crippen LogP contribution in [-0.4, -0.2) is 37.8 Å². The number of amides is 1. The van der Waals surface area contributed by atoms with Gasteiger partial charge in [0.15, 0.2) is 0 Å². The highest BCUT2D eigenvalue weighted by atomic mass is 35.5. The van der Waals surface area contributed by atoms with Crippen molar-refractivity contribution in [3.8, 4) is 0 Å². The molecular weight excluding hydrogens is 421 g/mol. The predicted octanol–water partition coefficient (Wildman–Crippen LogP) is 4.19. The normalized spacial score (nSPS) is 18.0. The van der Waals surface area contributed by atoms with Crippen molar-refractivity contribution in [2.45, 2.75) is 19.0 Å². The first-order valence-electron chi connectivity index (χ1n) is 9.72. The van der Waals surface area contributed by atoms with Gasteiger partial charge in [0, 0.05) is 41.6 Å². The third-order valence-corrected chi connectivity index (χ3v) is 5.48. The lowest BCUT2D eigenvalue weighted by Crippen LogP contribution is -2.31. The summed E-state index contributed by atoms with van der Waals surface area (Å²) in [6, 6.07) is 11.1. The molecule has 1 atom stereocenters. The van der Waals surface area contributed by atoms with Crippen LogP contribution < -0.4 is 0 Å². The molecule has 1 amide bonds. The zero-order valence-electron chi connectivity index (χ0n) is 16.4. The number of carbonyl (C=O) groups is 2. The lowest BCUT2D eigenvalue weighted by Gasteiger charge is -2.25. The van der Waals surface area contributed by atoms with Crippen LogP contribution in [0.3, 0.4) is 0 Å². The van der Waals surface area contributed by atoms with Crippen LogP contribution in [0.25, 0.3) is 5.76 Å². The van der Waals surface area contributed by atoms with Gasteiger partial charge in [-0.25, -0.2) is 9.37 Å². The Hall–Kier alpha value is -3.45. The number of rotatable bonds is 6. The number of Topliss-reactive ketones (excluding diaryl/α,β-unsaturated/α-hetero) is 1. The number of likely N-dealkylation sites (tertiary alicyclic amines) is 1. The Labute approximate surface area is 183 Å². The highest BCUT2D eigenvalue weighted by Crippen LogP contribution is 2.40. The maximum atomic E-state index is 14.7. The fourth-order valence-corrected chi connectivity index (χ4v) is 3.86. The monoisotopic (exact) mass is 439 g/mol. The molecule has 1 aliphatic heterocycles. The van der Waals surface area contributed by atoms with Crippen molar-refractivity contribution in [1.29, 1.82) is 0 Å². The Balaban J connectivity index is 1.75. The van der Waals surface area contributed by atoms with E-state index in [1.165, 1.54) is 23.1 Å². The molecule has 1 aromatic heterocycles. The molecule has 0 bridgehead atoms. The van der Waals surface area contributed by atoms with Gasteiger partial charge in [0.2, 0.25) is 0 Å². The molecular formula is C23H19ClFN3O3. The second-order valence-corrected chi connectivity index (χ2v) is 7.61. The van der Waals surface area contributed by atoms with Gasteiger partial charge in [-0.2, -0.15) is 0 Å². The van der Waals surface area contributed by atoms with Gasteiger partial charge in [0.1, 0.15) is 11.6 Å². The number of aliphatic hydroxyl groups excluding tert-OH is 1. The minimum atomic E-state index is -1.03. The van der Waals surface area contributed by atoms with E-state index in [1.807, 2.05) is 4.57 Å². The Kier molecular flexibility index (Phi) is 5.86. The number of aryl methyl sites for hydroxylation is 1. The van der Waals surface area contributed by atoms with E-state index < -0.39 is 23.5 Å². The molecule has 1 fully saturated rings. The van der Waals surface area contributed by atoms with Gasteiger partial charge in [-0.15, -0.1) is 0 Å². The van der Waals surface area contributed by atoms with Crippen molar-refractivity contribution in [3.63, 3.8) is 0 Å². The Morgan fingerprint density at radius 1 is 1.10 bits per heavy atom. The molecule has 0 spiro atoms. The molecule has 0 saturated carbocycles. The molecule has 0 aliphatic carbocycles. The number of aromatic nitrogens is 2.